The van der Waals surface area contributed by atoms with Gasteiger partial charge in [-0.1, -0.05) is 31.0 Å². The second-order valence-corrected chi connectivity index (χ2v) is 11.0. The Balaban J connectivity index is 1.51. The molecule has 0 unspecified atom stereocenters. The molecular weight excluding hydrogens is 558 g/mol. The van der Waals surface area contributed by atoms with Gasteiger partial charge in [-0.3, -0.25) is 18.9 Å². The van der Waals surface area contributed by atoms with E-state index in [1.807, 2.05) is 6.07 Å². The molecule has 1 aliphatic heterocycles. The van der Waals surface area contributed by atoms with Crippen LogP contribution in [0.4, 0.5) is 5.82 Å². The Morgan fingerprint density at radius 1 is 1.17 bits per heavy atom. The summed E-state index contributed by atoms with van der Waals surface area (Å²) >= 11 is 0. The van der Waals surface area contributed by atoms with Gasteiger partial charge in [0.2, 0.25) is 0 Å². The van der Waals surface area contributed by atoms with Crippen molar-refractivity contribution in [1.29, 1.82) is 0 Å². The molecule has 1 amide bonds. The minimum atomic E-state index is -4.01. The van der Waals surface area contributed by atoms with Crippen LogP contribution in [0.2, 0.25) is 0 Å². The van der Waals surface area contributed by atoms with E-state index in [-0.39, 0.29) is 35.7 Å². The highest BCUT2D eigenvalue weighted by Gasteiger charge is 2.31. The van der Waals surface area contributed by atoms with Crippen molar-refractivity contribution in [3.8, 4) is 23.8 Å². The van der Waals surface area contributed by atoms with Gasteiger partial charge in [-0.05, 0) is 37.3 Å². The molecule has 1 atom stereocenters. The number of terminal acetylenes is 1. The lowest BCUT2D eigenvalue weighted by atomic mass is 9.97. The number of carbonyl (C=O) groups is 1. The van der Waals surface area contributed by atoms with Gasteiger partial charge in [0, 0.05) is 41.1 Å². The molecule has 2 aromatic carbocycles. The maximum Gasteiger partial charge on any atom is 0.300 e. The average molecular weight is 584 g/mol. The molecule has 0 saturated heterocycles. The lowest BCUT2D eigenvalue weighted by molar-refractivity contribution is 0.0940. The number of hydrogen-bond acceptors (Lipinski definition) is 7. The summed E-state index contributed by atoms with van der Waals surface area (Å²) in [5.74, 6) is 2.28. The number of amides is 1. The third kappa shape index (κ3) is 4.43. The van der Waals surface area contributed by atoms with Crippen LogP contribution in [0, 0.1) is 12.3 Å². The lowest BCUT2D eigenvalue weighted by Crippen LogP contribution is -2.34. The van der Waals surface area contributed by atoms with Gasteiger partial charge < -0.3 is 10.1 Å². The monoisotopic (exact) mass is 583 g/mol. The van der Waals surface area contributed by atoms with Crippen molar-refractivity contribution in [3.05, 3.63) is 93.7 Å². The zero-order chi connectivity index (χ0) is 29.6. The zero-order valence-electron chi connectivity index (χ0n) is 22.6. The lowest BCUT2D eigenvalue weighted by Gasteiger charge is -2.23. The van der Waals surface area contributed by atoms with E-state index < -0.39 is 22.2 Å². The molecule has 0 spiro atoms. The van der Waals surface area contributed by atoms with Crippen LogP contribution in [0.25, 0.3) is 22.1 Å². The molecule has 3 aromatic heterocycles. The van der Waals surface area contributed by atoms with Crippen LogP contribution in [0.1, 0.15) is 47.1 Å². The maximum absolute atomic E-state index is 14.1. The number of para-hydroxylation sites is 1. The number of aromatic nitrogens is 4. The molecule has 212 valence electrons. The van der Waals surface area contributed by atoms with E-state index >= 15 is 0 Å². The van der Waals surface area contributed by atoms with E-state index in [4.69, 9.17) is 11.2 Å². The Kier molecular flexibility index (Phi) is 6.64. The largest absolute Gasteiger partial charge is 0.488 e. The molecule has 42 heavy (non-hydrogen) atoms. The van der Waals surface area contributed by atoms with Crippen molar-refractivity contribution in [2.75, 3.05) is 11.3 Å². The number of benzene rings is 2. The van der Waals surface area contributed by atoms with Gasteiger partial charge >= 0.3 is 0 Å². The van der Waals surface area contributed by atoms with Crippen molar-refractivity contribution in [2.24, 2.45) is 0 Å². The molecule has 0 radical (unpaired) electrons. The third-order valence-corrected chi connectivity index (χ3v) is 8.05. The second-order valence-electron chi connectivity index (χ2n) is 9.54. The Bertz CT molecular complexity index is 2100. The molecule has 4 heterocycles. The highest BCUT2D eigenvalue weighted by molar-refractivity contribution is 7.90. The first-order chi connectivity index (χ1) is 20.2. The van der Waals surface area contributed by atoms with Gasteiger partial charge in [-0.2, -0.15) is 13.1 Å². The van der Waals surface area contributed by atoms with E-state index in [1.54, 1.807) is 62.5 Å². The van der Waals surface area contributed by atoms with Crippen molar-refractivity contribution in [3.63, 3.8) is 0 Å². The van der Waals surface area contributed by atoms with Gasteiger partial charge in [-0.15, -0.1) is 11.5 Å². The van der Waals surface area contributed by atoms with Crippen LogP contribution >= 0.6 is 0 Å². The fourth-order valence-corrected chi connectivity index (χ4v) is 6.12. The third-order valence-electron chi connectivity index (χ3n) is 6.92. The number of fused-ring (bicyclic) bond motifs is 1. The summed E-state index contributed by atoms with van der Waals surface area (Å²) in [6, 6.07) is 13.3. The summed E-state index contributed by atoms with van der Waals surface area (Å²) in [7, 11) is -4.01. The van der Waals surface area contributed by atoms with Crippen LogP contribution in [-0.4, -0.2) is 40.0 Å². The molecule has 13 heteroatoms. The minimum absolute atomic E-state index is 0.0821. The summed E-state index contributed by atoms with van der Waals surface area (Å²) in [4.78, 5) is 32.2. The summed E-state index contributed by atoms with van der Waals surface area (Å²) in [6.07, 6.45) is 8.79. The summed E-state index contributed by atoms with van der Waals surface area (Å²) in [5, 5.41) is 8.13. The van der Waals surface area contributed by atoms with Crippen LogP contribution < -0.4 is 25.1 Å². The highest BCUT2D eigenvalue weighted by Crippen LogP contribution is 2.39. The number of nitrogens with zero attached hydrogens (tertiary/aromatic N) is 4. The van der Waals surface area contributed by atoms with Crippen LogP contribution in [0.5, 0.6) is 5.75 Å². The standard InChI is InChI=1S/C29H25N7O5S/c1-4-18-12-13-21-23-20(16-41-21)25(36(29(38)22(18)23)19-10-7-6-8-11-19)17(3)32-28(37)24-26(34-42(39,40)31-5-2)33-35-15-9-14-30-27(24)35/h1,6-15,17,31H,5,16H2,2-3H3,(H,32,37)(H,33,34)/t17-/m0/s1. The minimum Gasteiger partial charge on any atom is -0.488 e. The number of ether oxygens (including phenoxy) is 1. The first kappa shape index (κ1) is 27.0. The molecule has 12 nitrogen and oxygen atoms in total. The Morgan fingerprint density at radius 2 is 1.95 bits per heavy atom. The summed E-state index contributed by atoms with van der Waals surface area (Å²) < 4.78 is 38.4. The van der Waals surface area contributed by atoms with Gasteiger partial charge in [0.15, 0.2) is 11.5 Å². The molecule has 0 bridgehead atoms. The van der Waals surface area contributed by atoms with Crippen LogP contribution in [0.15, 0.2) is 65.7 Å². The van der Waals surface area contributed by atoms with E-state index in [9.17, 15) is 18.0 Å². The first-order valence-electron chi connectivity index (χ1n) is 13.0. The van der Waals surface area contributed by atoms with E-state index in [2.05, 4.69) is 30.8 Å². The highest BCUT2D eigenvalue weighted by atomic mass is 32.2. The van der Waals surface area contributed by atoms with Crippen molar-refractivity contribution >= 4 is 38.4 Å². The van der Waals surface area contributed by atoms with E-state index in [0.29, 0.717) is 39.0 Å². The molecular formula is C29H25N7O5S. The number of anilines is 1. The van der Waals surface area contributed by atoms with Gasteiger partial charge in [0.1, 0.15) is 17.9 Å². The maximum atomic E-state index is 14.1. The smallest absolute Gasteiger partial charge is 0.300 e. The molecule has 6 rings (SSSR count). The van der Waals surface area contributed by atoms with Gasteiger partial charge in [0.25, 0.3) is 21.7 Å². The predicted octanol–water partition coefficient (Wildman–Crippen LogP) is 2.66. The normalized spacial score (nSPS) is 13.1. The Hall–Kier alpha value is -5.19. The number of nitrogens with one attached hydrogen (secondary N) is 3. The summed E-state index contributed by atoms with van der Waals surface area (Å²) in [6.45, 7) is 3.65. The van der Waals surface area contributed by atoms with Crippen molar-refractivity contribution < 1.29 is 17.9 Å². The van der Waals surface area contributed by atoms with Crippen molar-refractivity contribution in [1.82, 2.24) is 29.2 Å². The predicted molar refractivity (Wildman–Crippen MR) is 157 cm³/mol. The molecule has 0 saturated carbocycles. The van der Waals surface area contributed by atoms with E-state index in [1.165, 1.54) is 15.3 Å². The first-order valence-corrected chi connectivity index (χ1v) is 14.5. The number of carbonyl (C=O) groups excluding carboxylic acids is 1. The SMILES string of the molecule is C#Cc1ccc2c3c(c([C@H](C)NC(=O)c4c(NS(=O)(=O)NCC)nn5cccnc45)n(-c4ccccc4)c(=O)c13)CO2. The Morgan fingerprint density at radius 3 is 2.69 bits per heavy atom. The average Bonchev–Trinajstić information content (AvgIpc) is 3.56. The van der Waals surface area contributed by atoms with E-state index in [0.717, 1.165) is 0 Å². The fraction of sp³-hybridized carbons (Fsp3) is 0.172. The zero-order valence-corrected chi connectivity index (χ0v) is 23.4. The van der Waals surface area contributed by atoms with Crippen LogP contribution in [-0.2, 0) is 16.8 Å². The quantitative estimate of drug-likeness (QED) is 0.238. The topological polar surface area (TPSA) is 149 Å². The number of rotatable bonds is 8. The molecule has 5 aromatic rings. The summed E-state index contributed by atoms with van der Waals surface area (Å²) in [5.41, 5.74) is 1.93. The molecule has 0 fully saturated rings. The fourth-order valence-electron chi connectivity index (χ4n) is 5.27. The van der Waals surface area contributed by atoms with Crippen molar-refractivity contribution in [2.45, 2.75) is 26.5 Å². The van der Waals surface area contributed by atoms with Crippen LogP contribution in [0.3, 0.4) is 0 Å². The molecule has 0 aliphatic carbocycles. The molecule has 3 N–H and O–H groups in total. The number of hydrogen-bond donors (Lipinski definition) is 3. The number of pyridine rings is 1. The Labute approximate surface area is 240 Å². The second kappa shape index (κ2) is 10.3. The van der Waals surface area contributed by atoms with Gasteiger partial charge in [0.05, 0.1) is 17.1 Å². The van der Waals surface area contributed by atoms with Gasteiger partial charge in [-0.25, -0.2) is 9.50 Å². The molecule has 1 aliphatic rings.